The van der Waals surface area contributed by atoms with Crippen LogP contribution in [0.2, 0.25) is 0 Å². The molecule has 4 heteroatoms. The van der Waals surface area contributed by atoms with Crippen molar-refractivity contribution in [2.24, 2.45) is 5.92 Å². The molecule has 2 heterocycles. The first-order chi connectivity index (χ1) is 11.2. The summed E-state index contributed by atoms with van der Waals surface area (Å²) in [4.78, 5) is 19.1. The number of carbonyl (C=O) groups is 1. The van der Waals surface area contributed by atoms with Crippen LogP contribution in [0.1, 0.15) is 30.3 Å². The van der Waals surface area contributed by atoms with Crippen molar-refractivity contribution < 1.29 is 9.53 Å². The highest BCUT2D eigenvalue weighted by atomic mass is 16.5. The molecule has 1 aromatic heterocycles. The summed E-state index contributed by atoms with van der Waals surface area (Å²) in [7, 11) is 1.64. The van der Waals surface area contributed by atoms with Crippen LogP contribution in [0, 0.1) is 5.92 Å². The van der Waals surface area contributed by atoms with Crippen LogP contribution in [0.15, 0.2) is 42.5 Å². The Labute approximate surface area is 137 Å². The van der Waals surface area contributed by atoms with Crippen molar-refractivity contribution in [1.82, 2.24) is 9.88 Å². The maximum atomic E-state index is 12.6. The molecule has 1 amide bonds. The Kier molecular flexibility index (Phi) is 4.60. The lowest BCUT2D eigenvalue weighted by molar-refractivity contribution is 0.0691. The molecule has 0 saturated carbocycles. The second kappa shape index (κ2) is 6.82. The highest BCUT2D eigenvalue weighted by Crippen LogP contribution is 2.22. The van der Waals surface area contributed by atoms with Crippen LogP contribution in [0.25, 0.3) is 11.3 Å². The highest BCUT2D eigenvalue weighted by Gasteiger charge is 2.22. The van der Waals surface area contributed by atoms with Gasteiger partial charge in [-0.15, -0.1) is 0 Å². The van der Waals surface area contributed by atoms with E-state index in [1.807, 2.05) is 41.3 Å². The minimum Gasteiger partial charge on any atom is -0.497 e. The van der Waals surface area contributed by atoms with Gasteiger partial charge in [-0.25, -0.2) is 4.98 Å². The molecule has 0 unspecified atom stereocenters. The van der Waals surface area contributed by atoms with Gasteiger partial charge in [0.2, 0.25) is 0 Å². The Morgan fingerprint density at radius 2 is 1.83 bits per heavy atom. The quantitative estimate of drug-likeness (QED) is 0.869. The van der Waals surface area contributed by atoms with E-state index in [0.29, 0.717) is 11.6 Å². The van der Waals surface area contributed by atoms with Crippen molar-refractivity contribution in [3.63, 3.8) is 0 Å². The third-order valence-electron chi connectivity index (χ3n) is 4.42. The molecule has 2 aromatic rings. The zero-order chi connectivity index (χ0) is 16.2. The third-order valence-corrected chi connectivity index (χ3v) is 4.42. The van der Waals surface area contributed by atoms with Gasteiger partial charge in [0.1, 0.15) is 11.4 Å². The molecule has 3 rings (SSSR count). The number of hydrogen-bond acceptors (Lipinski definition) is 3. The van der Waals surface area contributed by atoms with Crippen LogP contribution >= 0.6 is 0 Å². The van der Waals surface area contributed by atoms with Crippen LogP contribution in [0.4, 0.5) is 0 Å². The summed E-state index contributed by atoms with van der Waals surface area (Å²) in [6.45, 7) is 3.90. The topological polar surface area (TPSA) is 42.4 Å². The molecule has 23 heavy (non-hydrogen) atoms. The normalized spacial score (nSPS) is 15.5. The number of nitrogens with zero attached hydrogens (tertiary/aromatic N) is 2. The molecule has 0 aliphatic carbocycles. The fourth-order valence-corrected chi connectivity index (χ4v) is 2.85. The summed E-state index contributed by atoms with van der Waals surface area (Å²) in [5, 5.41) is 0. The molecule has 0 spiro atoms. The Bertz CT molecular complexity index is 674. The van der Waals surface area contributed by atoms with E-state index in [1.54, 1.807) is 13.2 Å². The van der Waals surface area contributed by atoms with Gasteiger partial charge in [0.05, 0.1) is 12.8 Å². The number of amides is 1. The van der Waals surface area contributed by atoms with Crippen LogP contribution in [-0.4, -0.2) is 36.0 Å². The lowest BCUT2D eigenvalue weighted by Crippen LogP contribution is -2.38. The van der Waals surface area contributed by atoms with Crippen LogP contribution in [-0.2, 0) is 0 Å². The van der Waals surface area contributed by atoms with E-state index in [1.165, 1.54) is 0 Å². The number of methoxy groups -OCH3 is 1. The van der Waals surface area contributed by atoms with Gasteiger partial charge in [-0.05, 0) is 55.2 Å². The first-order valence-electron chi connectivity index (χ1n) is 8.08. The fraction of sp³-hybridized carbons (Fsp3) is 0.368. The number of carbonyl (C=O) groups excluding carboxylic acids is 1. The van der Waals surface area contributed by atoms with E-state index in [-0.39, 0.29) is 5.91 Å². The van der Waals surface area contributed by atoms with E-state index in [4.69, 9.17) is 4.74 Å². The Balaban J connectivity index is 1.80. The zero-order valence-electron chi connectivity index (χ0n) is 13.7. The Morgan fingerprint density at radius 1 is 1.13 bits per heavy atom. The number of piperidine rings is 1. The molecule has 0 bridgehead atoms. The van der Waals surface area contributed by atoms with Gasteiger partial charge in [0.25, 0.3) is 5.91 Å². The lowest BCUT2D eigenvalue weighted by atomic mass is 9.99. The van der Waals surface area contributed by atoms with Crippen molar-refractivity contribution in [3.05, 3.63) is 48.2 Å². The number of benzene rings is 1. The molecule has 0 radical (unpaired) electrons. The molecule has 4 nitrogen and oxygen atoms in total. The van der Waals surface area contributed by atoms with E-state index in [0.717, 1.165) is 42.9 Å². The average Bonchev–Trinajstić information content (AvgIpc) is 2.62. The molecule has 1 fully saturated rings. The van der Waals surface area contributed by atoms with E-state index < -0.39 is 0 Å². The van der Waals surface area contributed by atoms with Gasteiger partial charge in [-0.1, -0.05) is 13.0 Å². The molecular weight excluding hydrogens is 288 g/mol. The fourth-order valence-electron chi connectivity index (χ4n) is 2.85. The predicted molar refractivity (Wildman–Crippen MR) is 90.5 cm³/mol. The van der Waals surface area contributed by atoms with Crippen LogP contribution in [0.5, 0.6) is 5.75 Å². The number of rotatable bonds is 3. The number of likely N-dealkylation sites (tertiary alicyclic amines) is 1. The van der Waals surface area contributed by atoms with Crippen molar-refractivity contribution in [2.45, 2.75) is 19.8 Å². The number of pyridine rings is 1. The summed E-state index contributed by atoms with van der Waals surface area (Å²) in [6, 6.07) is 13.3. The molecule has 120 valence electrons. The van der Waals surface area contributed by atoms with Crippen molar-refractivity contribution in [2.75, 3.05) is 20.2 Å². The predicted octanol–water partition coefficient (Wildman–Crippen LogP) is 3.63. The zero-order valence-corrected chi connectivity index (χ0v) is 13.7. The van der Waals surface area contributed by atoms with Gasteiger partial charge in [-0.3, -0.25) is 4.79 Å². The Morgan fingerprint density at radius 3 is 2.48 bits per heavy atom. The lowest BCUT2D eigenvalue weighted by Gasteiger charge is -2.30. The maximum absolute atomic E-state index is 12.6. The maximum Gasteiger partial charge on any atom is 0.272 e. The summed E-state index contributed by atoms with van der Waals surface area (Å²) in [5.41, 5.74) is 2.31. The molecule has 1 aliphatic rings. The van der Waals surface area contributed by atoms with Crippen LogP contribution < -0.4 is 4.74 Å². The first kappa shape index (κ1) is 15.5. The number of aromatic nitrogens is 1. The van der Waals surface area contributed by atoms with Gasteiger partial charge in [0, 0.05) is 18.7 Å². The van der Waals surface area contributed by atoms with E-state index in [9.17, 15) is 4.79 Å². The molecule has 0 N–H and O–H groups in total. The second-order valence-corrected chi connectivity index (χ2v) is 6.11. The van der Waals surface area contributed by atoms with Crippen molar-refractivity contribution >= 4 is 5.91 Å². The molecular formula is C19H22N2O2. The average molecular weight is 310 g/mol. The largest absolute Gasteiger partial charge is 0.497 e. The first-order valence-corrected chi connectivity index (χ1v) is 8.08. The summed E-state index contributed by atoms with van der Waals surface area (Å²) >= 11 is 0. The second-order valence-electron chi connectivity index (χ2n) is 6.11. The van der Waals surface area contributed by atoms with Crippen molar-refractivity contribution in [1.29, 1.82) is 0 Å². The van der Waals surface area contributed by atoms with Gasteiger partial charge < -0.3 is 9.64 Å². The van der Waals surface area contributed by atoms with E-state index >= 15 is 0 Å². The third kappa shape index (κ3) is 3.52. The number of hydrogen-bond donors (Lipinski definition) is 0. The minimum atomic E-state index is 0.0345. The number of ether oxygens (including phenoxy) is 1. The van der Waals surface area contributed by atoms with Crippen LogP contribution in [0.3, 0.4) is 0 Å². The standard InChI is InChI=1S/C19H22N2O2/c1-14-10-12-21(13-11-14)19(22)18-5-3-4-17(20-18)15-6-8-16(23-2)9-7-15/h3-9,14H,10-13H2,1-2H3. The van der Waals surface area contributed by atoms with E-state index in [2.05, 4.69) is 11.9 Å². The summed E-state index contributed by atoms with van der Waals surface area (Å²) < 4.78 is 5.17. The minimum absolute atomic E-state index is 0.0345. The highest BCUT2D eigenvalue weighted by molar-refractivity contribution is 5.93. The molecule has 1 saturated heterocycles. The molecule has 1 aromatic carbocycles. The van der Waals surface area contributed by atoms with Gasteiger partial charge >= 0.3 is 0 Å². The van der Waals surface area contributed by atoms with Gasteiger partial charge in [-0.2, -0.15) is 0 Å². The van der Waals surface area contributed by atoms with Crippen molar-refractivity contribution in [3.8, 4) is 17.0 Å². The monoisotopic (exact) mass is 310 g/mol. The Hall–Kier alpha value is -2.36. The SMILES string of the molecule is COc1ccc(-c2cccc(C(=O)N3CCC(C)CC3)n2)cc1. The molecule has 1 aliphatic heterocycles. The smallest absolute Gasteiger partial charge is 0.272 e. The van der Waals surface area contributed by atoms with Gasteiger partial charge in [0.15, 0.2) is 0 Å². The molecule has 0 atom stereocenters. The summed E-state index contributed by atoms with van der Waals surface area (Å²) in [5.74, 6) is 1.55. The summed E-state index contributed by atoms with van der Waals surface area (Å²) in [6.07, 6.45) is 2.15.